The van der Waals surface area contributed by atoms with Crippen molar-refractivity contribution < 1.29 is 280 Å². The number of anilines is 2. The van der Waals surface area contributed by atoms with Crippen LogP contribution in [0, 0.1) is 0 Å². The molecule has 0 spiro atoms. The summed E-state index contributed by atoms with van der Waals surface area (Å²) in [5.74, 6) is 0. The number of urea groups is 1. The molecule has 22 atom stereocenters. The Morgan fingerprint density at radius 3 is 0.797 bits per heavy atom. The van der Waals surface area contributed by atoms with Gasteiger partial charge in [0.15, 0.2) is 22.1 Å². The van der Waals surface area contributed by atoms with Crippen molar-refractivity contribution in [2.45, 2.75) is 136 Å². The molecule has 2 aromatic carbocycles. The van der Waals surface area contributed by atoms with Crippen molar-refractivity contribution in [1.29, 1.82) is 0 Å². The predicted molar refractivity (Wildman–Crippen MR) is 356 cm³/mol. The molecule has 684 valence electrons. The first-order valence-electron chi connectivity index (χ1n) is 28.2. The molecule has 0 aliphatic carbocycles. The summed E-state index contributed by atoms with van der Waals surface area (Å²) in [6, 6.07) is 2.71. The Morgan fingerprint density at radius 1 is 0.347 bits per heavy atom. The number of nitrogens with one attached hydrogen (secondary N) is 2. The number of carbonyl (C=O) groups excluding carboxylic acids is 1. The van der Waals surface area contributed by atoms with Gasteiger partial charge in [-0.15, -0.1) is 0 Å². The van der Waals surface area contributed by atoms with Gasteiger partial charge in [0.2, 0.25) is 10.9 Å². The van der Waals surface area contributed by atoms with Crippen LogP contribution in [0.2, 0.25) is 0 Å². The topological polar surface area (TPSA) is 1070 Å². The summed E-state index contributed by atoms with van der Waals surface area (Å²) in [6.45, 7) is -4.85. The number of aliphatic hydroxyl groups excluding tert-OH is 2. The molecule has 0 radical (unpaired) electrons. The number of amides is 2. The van der Waals surface area contributed by atoms with E-state index in [1.54, 1.807) is 0 Å². The summed E-state index contributed by atoms with van der Waals surface area (Å²) < 4.78 is 547. The van der Waals surface area contributed by atoms with Crippen LogP contribution < -0.4 is 10.6 Å². The third-order valence-corrected chi connectivity index (χ3v) is 29.5. The fourth-order valence-corrected chi connectivity index (χ4v) is 24.7. The first-order valence-corrected chi connectivity index (χ1v) is 49.6. The molecule has 0 aromatic heterocycles. The van der Waals surface area contributed by atoms with Gasteiger partial charge in [0.1, 0.15) is 73.2 Å². The second kappa shape index (κ2) is 33.9. The van der Waals surface area contributed by atoms with Crippen LogP contribution in [0.5, 0.6) is 0 Å². The minimum Gasteiger partial charge on any atom is -0.380 e. The zero-order valence-corrected chi connectivity index (χ0v) is 67.9. The van der Waals surface area contributed by atoms with Crippen LogP contribution in [-0.2, 0) is 196 Å². The summed E-state index contributed by atoms with van der Waals surface area (Å²) in [7, 11) is -96.6. The number of ether oxygens (including phenoxy) is 4. The number of carbonyl (C=O) groups is 1. The van der Waals surface area contributed by atoms with Crippen LogP contribution in [0.25, 0.3) is 0 Å². The fourth-order valence-electron chi connectivity index (χ4n) is 11.5. The lowest BCUT2D eigenvalue weighted by Crippen LogP contribution is -2.89. The molecule has 6 rings (SSSR count). The largest absolute Gasteiger partial charge is 0.397 e. The van der Waals surface area contributed by atoms with Crippen LogP contribution in [0.3, 0.4) is 0 Å². The van der Waals surface area contributed by atoms with E-state index in [1.165, 1.54) is 0 Å². The van der Waals surface area contributed by atoms with Crippen molar-refractivity contribution in [3.63, 3.8) is 0 Å². The highest BCUT2D eigenvalue weighted by atomic mass is 32.3. The average molecular weight is 2050 g/mol. The van der Waals surface area contributed by atoms with Gasteiger partial charge in [-0.3, -0.25) is 63.7 Å². The van der Waals surface area contributed by atoms with Gasteiger partial charge < -0.3 is 70.4 Å². The molecule has 4 aliphatic rings. The number of hydrogen-bond donors (Lipinski definition) is 24. The number of thioether (sulfide) groups is 2. The Kier molecular flexibility index (Phi) is 29.7. The Bertz CT molecular complexity index is 5530. The van der Waals surface area contributed by atoms with Crippen LogP contribution in [0.15, 0.2) is 58.3 Å². The molecule has 2 amide bonds. The molecule has 118 heavy (non-hydrogen) atoms. The molecule has 4 fully saturated rings. The van der Waals surface area contributed by atoms with Crippen molar-refractivity contribution in [2.24, 2.45) is 0 Å². The second-order valence-corrected chi connectivity index (χ2v) is 43.2. The number of benzene rings is 2. The quantitative estimate of drug-likeness (QED) is 0.0289. The normalized spacial score (nSPS) is 33.7. The molecule has 65 nitrogen and oxygen atoms in total. The lowest BCUT2D eigenvalue weighted by molar-refractivity contribution is -0.352. The van der Waals surface area contributed by atoms with Gasteiger partial charge in [0, 0.05) is 21.2 Å². The molecule has 0 bridgehead atoms. The molecular weight excluding hydrogens is 1990 g/mol. The maximum Gasteiger partial charge on any atom is 0.397 e. The first-order chi connectivity index (χ1) is 52.3. The van der Waals surface area contributed by atoms with Crippen molar-refractivity contribution in [2.75, 3.05) is 23.8 Å². The number of rotatable bonds is 34. The molecule has 4 saturated heterocycles. The van der Waals surface area contributed by atoms with E-state index in [4.69, 9.17) is 18.9 Å². The minimum absolute atomic E-state index is 0.485. The molecule has 4 aliphatic heterocycles. The Labute approximate surface area is 667 Å². The number of hydrogen-bond acceptors (Lipinski definition) is 51. The molecular formula is C37H52N2O63S16. The highest BCUT2D eigenvalue weighted by Crippen LogP contribution is 2.60. The zero-order chi connectivity index (χ0) is 91.5. The third kappa shape index (κ3) is 22.2. The summed E-state index contributed by atoms with van der Waals surface area (Å²) in [6.07, 6.45) is -49.3. The highest BCUT2D eigenvalue weighted by molar-refractivity contribution is 8.02. The van der Waals surface area contributed by atoms with Crippen molar-refractivity contribution >= 4 is 185 Å². The fraction of sp³-hybridized carbons (Fsp3) is 0.649. The van der Waals surface area contributed by atoms with Crippen LogP contribution >= 0.6 is 23.5 Å². The SMILES string of the molecule is O=C(Nc1ccc(S[C@@H]2O[C@H](C(O)S(=O)(=O)O)[C@](O)([C@@H]3O[C@H](COS(=O)(=O)O)[C@@H](OS(=O)(=O)O)[C@H](OS(=O)(=O)O)[C@H]3OS(=O)(=O)O)[C@@](O)(S(=O)(=O)O)[C@]2(O)S(=O)(=O)O)cc1)Nc1ccc(S[C@@H]2O[C@H](C(O)S(=O)(=O)O)[C@](O)([C@@H]3O[C@H](COS(=O)(=O)O)[C@@H](OS(=O)(=O)O)[C@H](OS(=O)(=O)O)[C@H]3OS(=O)(=O)O)[C@@](O)(S(=O)(=O)O)[C@]2(O)S(=O)(=O)O)cc1. The van der Waals surface area contributed by atoms with Gasteiger partial charge in [0.05, 0.1) is 13.2 Å². The van der Waals surface area contributed by atoms with Crippen LogP contribution in [0.1, 0.15) is 0 Å². The molecule has 24 N–H and O–H groups in total. The van der Waals surface area contributed by atoms with Crippen LogP contribution in [-0.4, -0.2) is 368 Å². The second-order valence-electron chi connectivity index (χ2n) is 23.2. The molecule has 4 heterocycles. The third-order valence-electron chi connectivity index (χ3n) is 15.8. The molecule has 2 unspecified atom stereocenters. The minimum atomic E-state index is -7.87. The highest BCUT2D eigenvalue weighted by Gasteiger charge is 2.90. The lowest BCUT2D eigenvalue weighted by atomic mass is 9.74. The maximum absolute atomic E-state index is 13.8. The van der Waals surface area contributed by atoms with Crippen LogP contribution in [0.4, 0.5) is 16.2 Å². The van der Waals surface area contributed by atoms with E-state index in [0.717, 1.165) is 0 Å². The zero-order valence-electron chi connectivity index (χ0n) is 54.9. The lowest BCUT2D eigenvalue weighted by Gasteiger charge is -2.61. The standard InChI is InChI=1S/C37H52N2O63S16/c40-27(105(49,50)51)25-32(43,23-21(101-117(85,86)87)19(99-115(79,80)81)17(97-113(73,74)75)15(93-23)9-91-111(67,68)69)36(47,109(61,62)63)34(45,107(55,56)57)29(95-25)103-13-5-1-11(2-6-13)38-31(42)39-12-3-7-14(8-4-12)104-30-35(46,108(58,59)60)37(48,110(64,65)66)33(44,26(96-30)28(41)106(52,53)54)24-22(102-118(88,89)90)20(100-116(82,83)84)18(98-114(76,77)78)16(94-24)10-92-112(70,71)72/h1-8,15-30,40-41,43-48H,9-10H2,(H2,38,39,42)(H,49,50,51)(H,52,53,54)(H,55,56,57)(H,58,59,60)(H,61,62,63)(H,64,65,66)(H,67,68,69)(H,70,71,72)(H,73,74,75)(H,76,77,78)(H,79,80,81)(H,82,83,84)(H,85,86,87)(H,88,89,90)/t15-,16-,17-,18-,19+,20+,21-,22-,23-,24-,25-,26-,27?,28?,29+,30+,32-,33-,34-,35-,36-,37-/m1/s1. The van der Waals surface area contributed by atoms with E-state index >= 15 is 0 Å². The van der Waals surface area contributed by atoms with Gasteiger partial charge in [0.25, 0.3) is 40.0 Å². The Hall–Kier alpha value is -3.65. The van der Waals surface area contributed by atoms with E-state index in [9.17, 15) is 227 Å². The summed E-state index contributed by atoms with van der Waals surface area (Å²) in [5, 5.41) is 101. The van der Waals surface area contributed by atoms with E-state index in [1.807, 2.05) is 10.6 Å². The molecule has 0 saturated carbocycles. The average Bonchev–Trinajstić information content (AvgIpc) is 0.665. The first kappa shape index (κ1) is 103. The summed E-state index contributed by atoms with van der Waals surface area (Å²) >= 11 is -1.54. The van der Waals surface area contributed by atoms with E-state index in [0.29, 0.717) is 48.5 Å². The number of aliphatic hydroxyl groups is 8. The molecule has 2 aromatic rings. The predicted octanol–water partition coefficient (Wildman–Crippen LogP) is -12.6. The van der Waals surface area contributed by atoms with Gasteiger partial charge in [-0.25, -0.2) is 38.3 Å². The van der Waals surface area contributed by atoms with Gasteiger partial charge in [-0.2, -0.15) is 118 Å². The monoisotopic (exact) mass is 2040 g/mol. The summed E-state index contributed by atoms with van der Waals surface area (Å²) in [4.78, 5) is -13.0. The maximum atomic E-state index is 13.8. The van der Waals surface area contributed by atoms with Crippen molar-refractivity contribution in [1.82, 2.24) is 0 Å². The summed E-state index contributed by atoms with van der Waals surface area (Å²) in [5.41, 5.74) is -29.9. The Balaban J connectivity index is 1.44. The molecule has 81 heteroatoms. The van der Waals surface area contributed by atoms with Gasteiger partial charge in [-0.05, 0) is 48.5 Å². The van der Waals surface area contributed by atoms with Gasteiger partial charge in [-0.1, -0.05) is 23.5 Å². The van der Waals surface area contributed by atoms with Crippen molar-refractivity contribution in [3.8, 4) is 0 Å². The van der Waals surface area contributed by atoms with Gasteiger partial charge >= 0.3 is 130 Å². The van der Waals surface area contributed by atoms with E-state index < -0.39 is 334 Å². The van der Waals surface area contributed by atoms with E-state index in [2.05, 4.69) is 33.5 Å². The smallest absolute Gasteiger partial charge is 0.380 e. The van der Waals surface area contributed by atoms with Crippen molar-refractivity contribution in [3.05, 3.63) is 48.5 Å². The van der Waals surface area contributed by atoms with E-state index in [-0.39, 0.29) is 0 Å². The Morgan fingerprint density at radius 2 is 0.585 bits per heavy atom.